The lowest BCUT2D eigenvalue weighted by Gasteiger charge is -2.15. The van der Waals surface area contributed by atoms with Crippen molar-refractivity contribution in [2.24, 2.45) is 0 Å². The van der Waals surface area contributed by atoms with Gasteiger partial charge in [-0.15, -0.1) is 21.5 Å². The largest absolute Gasteiger partial charge is 0.455 e. The average molecular weight is 1760 g/mol. The Morgan fingerprint density at radius 3 is 1.30 bits per heavy atom. The Morgan fingerprint density at radius 2 is 0.679 bits per heavy atom. The molecular weight excluding hydrogens is 1690 g/mol. The van der Waals surface area contributed by atoms with Crippen LogP contribution in [0.5, 0.6) is 0 Å². The van der Waals surface area contributed by atoms with Crippen LogP contribution in [0.1, 0.15) is 5.56 Å². The molecule has 634 valence electrons. The van der Waals surface area contributed by atoms with Crippen molar-refractivity contribution < 1.29 is 4.42 Å². The summed E-state index contributed by atoms with van der Waals surface area (Å²) in [6.45, 7) is 0. The van der Waals surface area contributed by atoms with Crippen LogP contribution < -0.4 is 0 Å². The van der Waals surface area contributed by atoms with E-state index >= 15 is 0 Å². The number of rotatable bonds is 7. The van der Waals surface area contributed by atoms with E-state index in [1.54, 1.807) is 0 Å². The second kappa shape index (κ2) is 30.9. The number of furan rings is 1. The van der Waals surface area contributed by atoms with Crippen LogP contribution in [0.3, 0.4) is 0 Å². The van der Waals surface area contributed by atoms with Gasteiger partial charge in [0.05, 0.1) is 61.3 Å². The highest BCUT2D eigenvalue weighted by Crippen LogP contribution is 2.48. The maximum Gasteiger partial charge on any atom is 0.168 e. The fourth-order valence-corrected chi connectivity index (χ4v) is 22.7. The number of hydrogen-bond acceptors (Lipinski definition) is 9. The molecule has 30 aromatic rings. The first-order valence-corrected chi connectivity index (χ1v) is 46.9. The van der Waals surface area contributed by atoms with Crippen LogP contribution in [0.2, 0.25) is 0 Å². The van der Waals surface area contributed by atoms with E-state index in [9.17, 15) is 5.26 Å². The van der Waals surface area contributed by atoms with Crippen molar-refractivity contribution >= 4 is 227 Å². The predicted molar refractivity (Wildman–Crippen MR) is 571 cm³/mol. The van der Waals surface area contributed by atoms with Crippen LogP contribution in [-0.4, -0.2) is 43.8 Å². The molecule has 0 aliphatic heterocycles. The van der Waals surface area contributed by atoms with Gasteiger partial charge in [-0.3, -0.25) is 13.7 Å². The summed E-state index contributed by atoms with van der Waals surface area (Å²) in [5.74, 6) is 3.94. The maximum atomic E-state index is 9.32. The third kappa shape index (κ3) is 12.3. The summed E-state index contributed by atoms with van der Waals surface area (Å²) in [5.41, 5.74) is 16.9. The Labute approximate surface area is 785 Å². The highest BCUT2D eigenvalue weighted by atomic mass is 32.1. The monoisotopic (exact) mass is 1760 g/mol. The third-order valence-electron chi connectivity index (χ3n) is 27.8. The summed E-state index contributed by atoms with van der Waals surface area (Å²) in [5, 5.41) is 52.2. The van der Waals surface area contributed by atoms with Crippen LogP contribution in [0.4, 0.5) is 0 Å². The number of hydrogen-bond donors (Lipinski definition) is 0. The standard InChI is InChI=1S/C45H26N4.C40H23N3O.C40H23N3S/c46-27-28-17-19-30(20-18-28)33-22-23-38(36-14-6-5-13-35(33)36)44-37-15-7-8-16-39(37)45(48-47-44)49-41-24-21-29-9-3-4-12-34(29)43(41)40-25-31-10-1-2-11-32(31)26-42(40)49;1-2-12-26-23-35-33(22-25(26)11-1)29-21-20-24-10-3-4-13-27(24)37(29)43(35)40-31-15-5-7-18-34(31)41-39(42-40)32-17-9-16-30-28-14-6-8-19-36(28)44-38(30)32;1-3-12-26-22-35-32(20-24(26)10-1)33-21-25-11-2-4-13-27(25)23-36(33)43(35)40-30-15-5-7-18-34(30)41-39(42-40)31-17-9-16-29-28-14-6-8-19-37(28)44-38(29)31/h1-26H;2*1-23H. The van der Waals surface area contributed by atoms with E-state index in [-0.39, 0.29) is 0 Å². The van der Waals surface area contributed by atoms with Crippen molar-refractivity contribution in [3.05, 3.63) is 442 Å². The number of nitrogens with zero attached hydrogens (tertiary/aromatic N) is 10. The van der Waals surface area contributed by atoms with E-state index < -0.39 is 0 Å². The van der Waals surface area contributed by atoms with Gasteiger partial charge < -0.3 is 4.42 Å². The summed E-state index contributed by atoms with van der Waals surface area (Å²) in [6, 6.07) is 157. The Bertz CT molecular complexity index is 10300. The normalized spacial score (nSPS) is 11.9. The van der Waals surface area contributed by atoms with Crippen molar-refractivity contribution in [3.63, 3.8) is 0 Å². The lowest BCUT2D eigenvalue weighted by Crippen LogP contribution is -2.03. The Hall–Kier alpha value is -18.4. The minimum Gasteiger partial charge on any atom is -0.455 e. The molecule has 8 heterocycles. The molecule has 22 aromatic carbocycles. The van der Waals surface area contributed by atoms with Crippen LogP contribution in [-0.2, 0) is 0 Å². The highest BCUT2D eigenvalue weighted by Gasteiger charge is 2.28. The van der Waals surface area contributed by atoms with Gasteiger partial charge in [-0.2, -0.15) is 5.26 Å². The molecule has 0 unspecified atom stereocenters. The van der Waals surface area contributed by atoms with E-state index in [0.717, 1.165) is 155 Å². The van der Waals surface area contributed by atoms with Crippen molar-refractivity contribution in [2.45, 2.75) is 0 Å². The summed E-state index contributed by atoms with van der Waals surface area (Å²) in [6.07, 6.45) is 0. The molecule has 11 nitrogen and oxygen atoms in total. The molecule has 0 radical (unpaired) electrons. The molecule has 0 bridgehead atoms. The van der Waals surface area contributed by atoms with Gasteiger partial charge in [-0.25, -0.2) is 19.9 Å². The molecule has 8 aromatic heterocycles. The summed E-state index contributed by atoms with van der Waals surface area (Å²) in [7, 11) is 0. The van der Waals surface area contributed by atoms with E-state index in [0.29, 0.717) is 11.4 Å². The minimum absolute atomic E-state index is 0.638. The third-order valence-corrected chi connectivity index (χ3v) is 29.0. The lowest BCUT2D eigenvalue weighted by atomic mass is 9.92. The second-order valence-corrected chi connectivity index (χ2v) is 36.4. The van der Waals surface area contributed by atoms with E-state index in [1.165, 1.54) is 117 Å². The fraction of sp³-hybridized carbons (Fsp3) is 0. The molecule has 30 rings (SSSR count). The number of aromatic nitrogens is 9. The van der Waals surface area contributed by atoms with Crippen molar-refractivity contribution in [2.75, 3.05) is 0 Å². The maximum absolute atomic E-state index is 9.32. The van der Waals surface area contributed by atoms with Gasteiger partial charge >= 0.3 is 0 Å². The van der Waals surface area contributed by atoms with Gasteiger partial charge in [-0.1, -0.05) is 322 Å². The second-order valence-electron chi connectivity index (χ2n) is 35.4. The van der Waals surface area contributed by atoms with Gasteiger partial charge in [0.15, 0.2) is 17.5 Å². The SMILES string of the molecule is N#Cc1ccc(-c2ccc(-c3nnc(-n4c5cc6ccccc6cc5c5c6ccccc6ccc54)c4ccccc34)c3ccccc23)cc1.c1ccc2cc3c(cc2c1)c1cc2ccccc2cc1n3-c1nc(-c2cccc3c2sc2ccccc23)nc2ccccc12.c1ccc2cc3c(cc2c1)c1ccc2ccccc2c1n3-c1nc(-c2cccc3c2oc2ccccc23)nc2ccccc12. The summed E-state index contributed by atoms with van der Waals surface area (Å²) in [4.78, 5) is 21.2. The number of nitriles is 1. The van der Waals surface area contributed by atoms with Crippen LogP contribution in [0, 0.1) is 11.3 Å². The molecule has 0 spiro atoms. The molecule has 12 heteroatoms. The van der Waals surface area contributed by atoms with Crippen molar-refractivity contribution in [1.29, 1.82) is 5.26 Å². The molecule has 0 atom stereocenters. The first kappa shape index (κ1) is 77.4. The van der Waals surface area contributed by atoms with Crippen LogP contribution in [0.15, 0.2) is 441 Å². The molecule has 0 amide bonds. The number of benzene rings is 22. The molecule has 0 saturated heterocycles. The van der Waals surface area contributed by atoms with Crippen LogP contribution in [0.25, 0.3) is 278 Å². The van der Waals surface area contributed by atoms with E-state index in [1.807, 2.05) is 59.9 Å². The number of fused-ring (bicyclic) bond motifs is 27. The zero-order valence-corrected chi connectivity index (χ0v) is 74.2. The molecule has 0 saturated carbocycles. The van der Waals surface area contributed by atoms with Gasteiger partial charge in [0.25, 0.3) is 0 Å². The lowest BCUT2D eigenvalue weighted by molar-refractivity contribution is 0.669. The quantitative estimate of drug-likeness (QED) is 0.154. The fourth-order valence-electron chi connectivity index (χ4n) is 21.5. The molecule has 137 heavy (non-hydrogen) atoms. The Morgan fingerprint density at radius 1 is 0.248 bits per heavy atom. The topological polar surface area (TPSA) is 129 Å². The summed E-state index contributed by atoms with van der Waals surface area (Å²) >= 11 is 1.81. The van der Waals surface area contributed by atoms with Crippen molar-refractivity contribution in [1.82, 2.24) is 43.8 Å². The first-order valence-electron chi connectivity index (χ1n) is 46.1. The Balaban J connectivity index is 0.000000102. The molecule has 0 aliphatic rings. The highest BCUT2D eigenvalue weighted by molar-refractivity contribution is 7.26. The Kier molecular flexibility index (Phi) is 17.4. The average Bonchev–Trinajstić information content (AvgIpc) is 1.58. The van der Waals surface area contributed by atoms with E-state index in [2.05, 4.69) is 408 Å². The molecule has 0 fully saturated rings. The van der Waals surface area contributed by atoms with Gasteiger partial charge in [0.1, 0.15) is 28.5 Å². The summed E-state index contributed by atoms with van der Waals surface area (Å²) < 4.78 is 15.9. The van der Waals surface area contributed by atoms with Gasteiger partial charge in [0.2, 0.25) is 0 Å². The molecular formula is C125H72N10OS. The first-order chi connectivity index (χ1) is 67.9. The number of para-hydroxylation sites is 4. The van der Waals surface area contributed by atoms with Crippen molar-refractivity contribution in [3.8, 4) is 68.7 Å². The minimum atomic E-state index is 0.638. The van der Waals surface area contributed by atoms with Gasteiger partial charge in [0, 0.05) is 101 Å². The van der Waals surface area contributed by atoms with E-state index in [4.69, 9.17) is 34.6 Å². The predicted octanol–water partition coefficient (Wildman–Crippen LogP) is 33.1. The van der Waals surface area contributed by atoms with Gasteiger partial charge in [-0.05, 0) is 196 Å². The molecule has 0 aliphatic carbocycles. The molecule has 0 N–H and O–H groups in total. The number of thiophene rings is 1. The zero-order valence-electron chi connectivity index (χ0n) is 73.4. The smallest absolute Gasteiger partial charge is 0.168 e. The zero-order chi connectivity index (χ0) is 90.0. The van der Waals surface area contributed by atoms with Crippen LogP contribution >= 0.6 is 11.3 Å².